The maximum absolute atomic E-state index is 11.9. The molecule has 0 atom stereocenters. The second kappa shape index (κ2) is 5.41. The molecule has 0 radical (unpaired) electrons. The Labute approximate surface area is 126 Å². The standard InChI is InChI=1S/C14H8N2O5S/c17-11(13-2-1-5-22-13)7-10-14(18)21-12-6-8(16(19)20)3-4-9(12)15-10/h1-7,17H/b11-7-. The van der Waals surface area contributed by atoms with Gasteiger partial charge in [0.1, 0.15) is 11.3 Å². The van der Waals surface area contributed by atoms with E-state index in [9.17, 15) is 20.0 Å². The lowest BCUT2D eigenvalue weighted by molar-refractivity contribution is -0.384. The summed E-state index contributed by atoms with van der Waals surface area (Å²) in [4.78, 5) is 26.6. The molecule has 7 nitrogen and oxygen atoms in total. The van der Waals surface area contributed by atoms with Gasteiger partial charge in [-0.2, -0.15) is 0 Å². The van der Waals surface area contributed by atoms with Crippen molar-refractivity contribution in [1.82, 2.24) is 4.98 Å². The highest BCUT2D eigenvalue weighted by atomic mass is 32.1. The molecule has 0 unspecified atom stereocenters. The van der Waals surface area contributed by atoms with Gasteiger partial charge in [-0.05, 0) is 17.5 Å². The van der Waals surface area contributed by atoms with Gasteiger partial charge in [0.15, 0.2) is 11.3 Å². The number of nitro benzene ring substituents is 1. The fourth-order valence-corrected chi connectivity index (χ4v) is 2.47. The van der Waals surface area contributed by atoms with Crippen molar-refractivity contribution in [1.29, 1.82) is 0 Å². The Morgan fingerprint density at radius 1 is 1.41 bits per heavy atom. The largest absolute Gasteiger partial charge is 0.506 e. The highest BCUT2D eigenvalue weighted by Gasteiger charge is 2.12. The van der Waals surface area contributed by atoms with Gasteiger partial charge in [-0.15, -0.1) is 11.3 Å². The summed E-state index contributed by atoms with van der Waals surface area (Å²) >= 11 is 1.31. The molecule has 0 fully saturated rings. The molecule has 2 heterocycles. The van der Waals surface area contributed by atoms with E-state index in [0.717, 1.165) is 6.07 Å². The predicted octanol–water partition coefficient (Wildman–Crippen LogP) is 3.21. The van der Waals surface area contributed by atoms with Gasteiger partial charge in [-0.1, -0.05) is 6.07 Å². The SMILES string of the molecule is O=c1oc2cc([N+](=O)[O-])ccc2nc1/C=C(\O)c1cccs1. The molecule has 0 spiro atoms. The number of hydrogen-bond acceptors (Lipinski definition) is 7. The van der Waals surface area contributed by atoms with Crippen molar-refractivity contribution in [2.45, 2.75) is 0 Å². The summed E-state index contributed by atoms with van der Waals surface area (Å²) in [6, 6.07) is 7.25. The third-order valence-electron chi connectivity index (χ3n) is 2.85. The Morgan fingerprint density at radius 3 is 2.91 bits per heavy atom. The summed E-state index contributed by atoms with van der Waals surface area (Å²) in [5.74, 6) is -0.101. The van der Waals surface area contributed by atoms with Crippen LogP contribution >= 0.6 is 11.3 Å². The van der Waals surface area contributed by atoms with Crippen LogP contribution in [0.15, 0.2) is 44.9 Å². The van der Waals surface area contributed by atoms with Gasteiger partial charge in [0.25, 0.3) is 5.69 Å². The average molecular weight is 316 g/mol. The fraction of sp³-hybridized carbons (Fsp3) is 0. The number of nitro groups is 1. The summed E-state index contributed by atoms with van der Waals surface area (Å²) in [5.41, 5.74) is -0.743. The highest BCUT2D eigenvalue weighted by molar-refractivity contribution is 7.11. The van der Waals surface area contributed by atoms with Crippen molar-refractivity contribution in [3.63, 3.8) is 0 Å². The monoisotopic (exact) mass is 316 g/mol. The van der Waals surface area contributed by atoms with Crippen LogP contribution in [0.1, 0.15) is 10.6 Å². The maximum atomic E-state index is 11.9. The molecular formula is C14H8N2O5S. The van der Waals surface area contributed by atoms with Gasteiger partial charge >= 0.3 is 5.63 Å². The van der Waals surface area contributed by atoms with Crippen molar-refractivity contribution in [3.8, 4) is 0 Å². The normalized spacial score (nSPS) is 11.7. The lowest BCUT2D eigenvalue weighted by Crippen LogP contribution is -2.06. The van der Waals surface area contributed by atoms with E-state index in [1.807, 2.05) is 0 Å². The second-order valence-electron chi connectivity index (χ2n) is 4.30. The molecule has 8 heteroatoms. The average Bonchev–Trinajstić information content (AvgIpc) is 3.01. The molecule has 1 N–H and O–H groups in total. The summed E-state index contributed by atoms with van der Waals surface area (Å²) in [5, 5.41) is 22.4. The third-order valence-corrected chi connectivity index (χ3v) is 3.75. The summed E-state index contributed by atoms with van der Waals surface area (Å²) < 4.78 is 5.03. The zero-order valence-corrected chi connectivity index (χ0v) is 11.7. The van der Waals surface area contributed by atoms with Crippen molar-refractivity contribution in [3.05, 3.63) is 66.8 Å². The smallest absolute Gasteiger partial charge is 0.362 e. The maximum Gasteiger partial charge on any atom is 0.362 e. The van der Waals surface area contributed by atoms with Crippen LogP contribution in [0, 0.1) is 10.1 Å². The van der Waals surface area contributed by atoms with Crippen LogP contribution in [0.3, 0.4) is 0 Å². The second-order valence-corrected chi connectivity index (χ2v) is 5.25. The Balaban J connectivity index is 2.10. The van der Waals surface area contributed by atoms with E-state index in [4.69, 9.17) is 4.42 Å². The fourth-order valence-electron chi connectivity index (χ4n) is 1.83. The van der Waals surface area contributed by atoms with Crippen LogP contribution in [0.2, 0.25) is 0 Å². The number of hydrogen-bond donors (Lipinski definition) is 1. The van der Waals surface area contributed by atoms with E-state index in [1.54, 1.807) is 17.5 Å². The molecule has 0 aliphatic heterocycles. The minimum atomic E-state index is -0.781. The number of aliphatic hydroxyl groups excluding tert-OH is 1. The molecule has 2 aromatic heterocycles. The summed E-state index contributed by atoms with van der Waals surface area (Å²) in [6.07, 6.45) is 1.21. The molecule has 22 heavy (non-hydrogen) atoms. The Kier molecular flexibility index (Phi) is 3.43. The first kappa shape index (κ1) is 14.0. The van der Waals surface area contributed by atoms with Gasteiger partial charge in [-0.3, -0.25) is 10.1 Å². The molecule has 0 aliphatic carbocycles. The molecule has 0 bridgehead atoms. The van der Waals surface area contributed by atoms with Crippen LogP contribution in [0.5, 0.6) is 0 Å². The van der Waals surface area contributed by atoms with Crippen LogP contribution in [-0.4, -0.2) is 15.0 Å². The van der Waals surface area contributed by atoms with Gasteiger partial charge < -0.3 is 9.52 Å². The zero-order valence-electron chi connectivity index (χ0n) is 10.9. The number of aromatic nitrogens is 1. The van der Waals surface area contributed by atoms with E-state index in [0.29, 0.717) is 4.88 Å². The molecule has 0 saturated carbocycles. The molecule has 3 aromatic rings. The number of fused-ring (bicyclic) bond motifs is 1. The lowest BCUT2D eigenvalue weighted by Gasteiger charge is -1.99. The summed E-state index contributed by atoms with van der Waals surface area (Å²) in [6.45, 7) is 0. The molecule has 0 saturated heterocycles. The van der Waals surface area contributed by atoms with Crippen LogP contribution in [-0.2, 0) is 0 Å². The van der Waals surface area contributed by atoms with E-state index in [-0.39, 0.29) is 28.2 Å². The minimum absolute atomic E-state index is 0.0203. The number of thiophene rings is 1. The Hall–Kier alpha value is -3.00. The molecule has 0 amide bonds. The molecule has 1 aromatic carbocycles. The zero-order chi connectivity index (χ0) is 15.7. The van der Waals surface area contributed by atoms with Crippen molar-refractivity contribution in [2.75, 3.05) is 0 Å². The predicted molar refractivity (Wildman–Crippen MR) is 81.8 cm³/mol. The third kappa shape index (κ3) is 2.59. The number of benzene rings is 1. The first-order valence-electron chi connectivity index (χ1n) is 6.08. The van der Waals surface area contributed by atoms with E-state index in [1.165, 1.54) is 29.5 Å². The highest BCUT2D eigenvalue weighted by Crippen LogP contribution is 2.21. The first-order chi connectivity index (χ1) is 10.5. The van der Waals surface area contributed by atoms with Gasteiger partial charge in [0, 0.05) is 12.1 Å². The molecule has 110 valence electrons. The van der Waals surface area contributed by atoms with Crippen LogP contribution < -0.4 is 5.63 Å². The quantitative estimate of drug-likeness (QED) is 0.451. The number of rotatable bonds is 3. The topological polar surface area (TPSA) is 106 Å². The number of aliphatic hydroxyl groups is 1. The van der Waals surface area contributed by atoms with E-state index in [2.05, 4.69) is 4.98 Å². The van der Waals surface area contributed by atoms with Gasteiger partial charge in [0.2, 0.25) is 0 Å². The van der Waals surface area contributed by atoms with Crippen molar-refractivity contribution in [2.24, 2.45) is 0 Å². The molecular weight excluding hydrogens is 308 g/mol. The lowest BCUT2D eigenvalue weighted by atomic mass is 10.2. The number of non-ortho nitro benzene ring substituents is 1. The Bertz CT molecular complexity index is 944. The van der Waals surface area contributed by atoms with Crippen LogP contribution in [0.25, 0.3) is 22.9 Å². The van der Waals surface area contributed by atoms with Crippen molar-refractivity contribution < 1.29 is 14.4 Å². The minimum Gasteiger partial charge on any atom is -0.506 e. The van der Waals surface area contributed by atoms with Crippen LogP contribution in [0.4, 0.5) is 5.69 Å². The van der Waals surface area contributed by atoms with Crippen molar-refractivity contribution >= 4 is 40.0 Å². The Morgan fingerprint density at radius 2 is 2.23 bits per heavy atom. The van der Waals surface area contributed by atoms with E-state index < -0.39 is 10.5 Å². The molecule has 3 rings (SSSR count). The van der Waals surface area contributed by atoms with Gasteiger partial charge in [-0.25, -0.2) is 9.78 Å². The van der Waals surface area contributed by atoms with E-state index >= 15 is 0 Å². The molecule has 0 aliphatic rings. The number of nitrogens with zero attached hydrogens (tertiary/aromatic N) is 2. The van der Waals surface area contributed by atoms with Gasteiger partial charge in [0.05, 0.1) is 15.9 Å². The summed E-state index contributed by atoms with van der Waals surface area (Å²) in [7, 11) is 0. The first-order valence-corrected chi connectivity index (χ1v) is 6.96.